The second-order valence-electron chi connectivity index (χ2n) is 7.13. The lowest BCUT2D eigenvalue weighted by Crippen LogP contribution is -2.48. The van der Waals surface area contributed by atoms with Gasteiger partial charge in [-0.2, -0.15) is 18.3 Å². The third kappa shape index (κ3) is 5.30. The molecular formula is C18H19F5N4O3. The Morgan fingerprint density at radius 2 is 1.90 bits per heavy atom. The zero-order valence-electron chi connectivity index (χ0n) is 15.6. The summed E-state index contributed by atoms with van der Waals surface area (Å²) in [5, 5.41) is 15.2. The molecule has 0 radical (unpaired) electrons. The van der Waals surface area contributed by atoms with Crippen molar-refractivity contribution < 1.29 is 36.6 Å². The number of hydrogen-bond donors (Lipinski definition) is 1. The third-order valence-corrected chi connectivity index (χ3v) is 4.85. The maximum atomic E-state index is 14.4. The van der Waals surface area contributed by atoms with E-state index in [2.05, 4.69) is 14.8 Å². The van der Waals surface area contributed by atoms with E-state index in [1.807, 2.05) is 0 Å². The number of aliphatic hydroxyl groups is 1. The summed E-state index contributed by atoms with van der Waals surface area (Å²) in [7, 11) is 0. The molecule has 1 N–H and O–H groups in total. The number of carbonyl (C=O) groups is 1. The van der Waals surface area contributed by atoms with Crippen LogP contribution in [0.3, 0.4) is 0 Å². The SMILES string of the molecule is O=C(OC1CCN(CC(O)(Cn2cncn2)c2ccc(F)cc2F)CC1)C(F)(F)F. The number of nitrogens with zero attached hydrogens (tertiary/aromatic N) is 4. The van der Waals surface area contributed by atoms with Crippen LogP contribution in [0.25, 0.3) is 0 Å². The predicted octanol–water partition coefficient (Wildman–Crippen LogP) is 2.01. The molecular weight excluding hydrogens is 415 g/mol. The Morgan fingerprint density at radius 3 is 2.47 bits per heavy atom. The average Bonchev–Trinajstić information content (AvgIpc) is 3.15. The van der Waals surface area contributed by atoms with E-state index < -0.39 is 35.5 Å². The minimum atomic E-state index is -5.06. The van der Waals surface area contributed by atoms with Gasteiger partial charge in [0.15, 0.2) is 0 Å². The highest BCUT2D eigenvalue weighted by atomic mass is 19.4. The first-order chi connectivity index (χ1) is 14.1. The van der Waals surface area contributed by atoms with Gasteiger partial charge in [0, 0.05) is 31.3 Å². The number of piperidine rings is 1. The van der Waals surface area contributed by atoms with Gasteiger partial charge < -0.3 is 9.84 Å². The van der Waals surface area contributed by atoms with E-state index >= 15 is 0 Å². The van der Waals surface area contributed by atoms with Crippen LogP contribution in [0.1, 0.15) is 18.4 Å². The van der Waals surface area contributed by atoms with Crippen LogP contribution >= 0.6 is 0 Å². The minimum absolute atomic E-state index is 0.102. The number of esters is 1. The maximum Gasteiger partial charge on any atom is 0.490 e. The molecule has 0 aliphatic carbocycles. The number of β-amino-alcohol motifs (C(OH)–C–C–N with tert-alkyl or cyclic N) is 1. The molecule has 164 valence electrons. The standard InChI is InChI=1S/C18H19F5N4O3/c19-12-1-2-14(15(20)7-12)17(29,9-27-11-24-10-25-27)8-26-5-3-13(4-6-26)30-16(28)18(21,22)23/h1-2,7,10-11,13,29H,3-6,8-9H2. The first-order valence-electron chi connectivity index (χ1n) is 9.07. The van der Waals surface area contributed by atoms with Crippen molar-refractivity contribution in [2.24, 2.45) is 0 Å². The molecule has 30 heavy (non-hydrogen) atoms. The number of aromatic nitrogens is 3. The Bertz CT molecular complexity index is 869. The maximum absolute atomic E-state index is 14.4. The minimum Gasteiger partial charge on any atom is -0.456 e. The van der Waals surface area contributed by atoms with Gasteiger partial charge >= 0.3 is 12.1 Å². The van der Waals surface area contributed by atoms with E-state index in [4.69, 9.17) is 0 Å². The first kappa shape index (κ1) is 22.1. The van der Waals surface area contributed by atoms with Crippen LogP contribution in [0.2, 0.25) is 0 Å². The summed E-state index contributed by atoms with van der Waals surface area (Å²) in [5.74, 6) is -3.98. The number of ether oxygens (including phenoxy) is 1. The van der Waals surface area contributed by atoms with E-state index in [1.54, 1.807) is 4.90 Å². The molecule has 0 spiro atoms. The van der Waals surface area contributed by atoms with E-state index in [9.17, 15) is 31.9 Å². The second kappa shape index (κ2) is 8.64. The topological polar surface area (TPSA) is 80.5 Å². The van der Waals surface area contributed by atoms with Crippen LogP contribution in [0, 0.1) is 11.6 Å². The van der Waals surface area contributed by atoms with Crippen molar-refractivity contribution in [2.75, 3.05) is 19.6 Å². The van der Waals surface area contributed by atoms with Crippen LogP contribution in [0.5, 0.6) is 0 Å². The van der Waals surface area contributed by atoms with Crippen molar-refractivity contribution in [3.63, 3.8) is 0 Å². The lowest BCUT2D eigenvalue weighted by molar-refractivity contribution is -0.206. The normalized spacial score (nSPS) is 18.2. The molecule has 0 amide bonds. The first-order valence-corrected chi connectivity index (χ1v) is 9.07. The summed E-state index contributed by atoms with van der Waals surface area (Å²) in [6, 6.07) is 2.82. The molecule has 12 heteroatoms. The largest absolute Gasteiger partial charge is 0.490 e. The highest BCUT2D eigenvalue weighted by molar-refractivity contribution is 5.75. The van der Waals surface area contributed by atoms with Crippen molar-refractivity contribution in [1.29, 1.82) is 0 Å². The molecule has 1 aromatic heterocycles. The average molecular weight is 434 g/mol. The molecule has 1 aromatic carbocycles. The van der Waals surface area contributed by atoms with Crippen LogP contribution < -0.4 is 0 Å². The second-order valence-corrected chi connectivity index (χ2v) is 7.13. The van der Waals surface area contributed by atoms with E-state index in [0.29, 0.717) is 6.07 Å². The fraction of sp³-hybridized carbons (Fsp3) is 0.500. The van der Waals surface area contributed by atoms with E-state index in [0.717, 1.165) is 12.1 Å². The summed E-state index contributed by atoms with van der Waals surface area (Å²) in [5.41, 5.74) is -1.97. The molecule has 2 aromatic rings. The zero-order chi connectivity index (χ0) is 21.9. The zero-order valence-corrected chi connectivity index (χ0v) is 15.6. The monoisotopic (exact) mass is 434 g/mol. The molecule has 1 saturated heterocycles. The van der Waals surface area contributed by atoms with Gasteiger partial charge in [-0.25, -0.2) is 23.2 Å². The summed E-state index contributed by atoms with van der Waals surface area (Å²) in [4.78, 5) is 16.5. The molecule has 1 atom stereocenters. The van der Waals surface area contributed by atoms with Crippen molar-refractivity contribution in [3.05, 3.63) is 48.1 Å². The fourth-order valence-electron chi connectivity index (χ4n) is 3.44. The van der Waals surface area contributed by atoms with E-state index in [1.165, 1.54) is 17.3 Å². The number of hydrogen-bond acceptors (Lipinski definition) is 6. The van der Waals surface area contributed by atoms with Crippen LogP contribution in [-0.2, 0) is 21.7 Å². The van der Waals surface area contributed by atoms with Crippen molar-refractivity contribution >= 4 is 5.97 Å². The molecule has 3 rings (SSSR count). The molecule has 0 bridgehead atoms. The highest BCUT2D eigenvalue weighted by Gasteiger charge is 2.43. The molecule has 7 nitrogen and oxygen atoms in total. The number of halogens is 5. The smallest absolute Gasteiger partial charge is 0.456 e. The molecule has 1 fully saturated rings. The van der Waals surface area contributed by atoms with Crippen LogP contribution in [0.15, 0.2) is 30.9 Å². The third-order valence-electron chi connectivity index (χ3n) is 4.85. The molecule has 1 unspecified atom stereocenters. The van der Waals surface area contributed by atoms with Gasteiger partial charge in [0.05, 0.1) is 6.54 Å². The molecule has 0 saturated carbocycles. The highest BCUT2D eigenvalue weighted by Crippen LogP contribution is 2.29. The van der Waals surface area contributed by atoms with Gasteiger partial charge in [0.2, 0.25) is 0 Å². The van der Waals surface area contributed by atoms with Crippen molar-refractivity contribution in [3.8, 4) is 0 Å². The van der Waals surface area contributed by atoms with Gasteiger partial charge in [0.25, 0.3) is 0 Å². The van der Waals surface area contributed by atoms with Gasteiger partial charge in [-0.15, -0.1) is 0 Å². The summed E-state index contributed by atoms with van der Waals surface area (Å²) < 4.78 is 70.5. The molecule has 1 aliphatic rings. The lowest BCUT2D eigenvalue weighted by Gasteiger charge is -2.38. The Labute approximate surface area is 168 Å². The number of alkyl halides is 3. The summed E-state index contributed by atoms with van der Waals surface area (Å²) in [6.45, 7) is 0.129. The Morgan fingerprint density at radius 1 is 1.20 bits per heavy atom. The van der Waals surface area contributed by atoms with Gasteiger partial charge in [-0.1, -0.05) is 6.07 Å². The van der Waals surface area contributed by atoms with Crippen LogP contribution in [0.4, 0.5) is 22.0 Å². The summed E-state index contributed by atoms with van der Waals surface area (Å²) >= 11 is 0. The summed E-state index contributed by atoms with van der Waals surface area (Å²) in [6.07, 6.45) is -3.16. The predicted molar refractivity (Wildman–Crippen MR) is 91.9 cm³/mol. The fourth-order valence-corrected chi connectivity index (χ4v) is 3.44. The van der Waals surface area contributed by atoms with Crippen LogP contribution in [-0.4, -0.2) is 62.7 Å². The molecule has 2 heterocycles. The van der Waals surface area contributed by atoms with Gasteiger partial charge in [-0.3, -0.25) is 4.90 Å². The number of likely N-dealkylation sites (tertiary alicyclic amines) is 1. The lowest BCUT2D eigenvalue weighted by atomic mass is 9.91. The Hall–Kier alpha value is -2.60. The van der Waals surface area contributed by atoms with Gasteiger partial charge in [0.1, 0.15) is 36.0 Å². The Kier molecular flexibility index (Phi) is 6.36. The van der Waals surface area contributed by atoms with Crippen molar-refractivity contribution in [2.45, 2.75) is 37.3 Å². The molecule has 1 aliphatic heterocycles. The number of benzene rings is 1. The van der Waals surface area contributed by atoms with Crippen molar-refractivity contribution in [1.82, 2.24) is 19.7 Å². The van der Waals surface area contributed by atoms with Gasteiger partial charge in [-0.05, 0) is 18.9 Å². The number of carbonyl (C=O) groups excluding carboxylic acids is 1. The number of rotatable bonds is 6. The van der Waals surface area contributed by atoms with E-state index in [-0.39, 0.29) is 44.6 Å². The quantitative estimate of drug-likeness (QED) is 0.554. The Balaban J connectivity index is 1.71.